The Morgan fingerprint density at radius 1 is 0.966 bits per heavy atom. The van der Waals surface area contributed by atoms with Gasteiger partial charge in [0.25, 0.3) is 5.56 Å². The highest BCUT2D eigenvalue weighted by Gasteiger charge is 2.12. The Labute approximate surface area is 171 Å². The van der Waals surface area contributed by atoms with Crippen LogP contribution in [0.1, 0.15) is 33.5 Å². The molecule has 2 N–H and O–H groups in total. The molecule has 0 amide bonds. The lowest BCUT2D eigenvalue weighted by molar-refractivity contribution is 0.301. The number of hydrogen-bond donors (Lipinski definition) is 1. The Balaban J connectivity index is 1.85. The minimum atomic E-state index is -0.0494. The van der Waals surface area contributed by atoms with Crippen LogP contribution in [0, 0.1) is 20.8 Å². The van der Waals surface area contributed by atoms with Gasteiger partial charge in [0, 0.05) is 12.2 Å². The minimum Gasteiger partial charge on any atom is -0.496 e. The molecule has 1 heterocycles. The van der Waals surface area contributed by atoms with Crippen LogP contribution in [-0.2, 0) is 19.7 Å². The Morgan fingerprint density at radius 2 is 1.69 bits per heavy atom. The second-order valence-electron chi connectivity index (χ2n) is 7.23. The molecule has 2 aromatic carbocycles. The summed E-state index contributed by atoms with van der Waals surface area (Å²) in [5, 5.41) is 0. The van der Waals surface area contributed by atoms with Gasteiger partial charge in [-0.1, -0.05) is 36.4 Å². The first-order chi connectivity index (χ1) is 13.9. The molecule has 5 heteroatoms. The molecule has 29 heavy (non-hydrogen) atoms. The van der Waals surface area contributed by atoms with E-state index in [9.17, 15) is 4.79 Å². The van der Waals surface area contributed by atoms with Crippen LogP contribution in [-0.4, -0.2) is 11.7 Å². The maximum absolute atomic E-state index is 13.0. The zero-order valence-corrected chi connectivity index (χ0v) is 17.5. The Bertz CT molecular complexity index is 1070. The number of rotatable bonds is 7. The van der Waals surface area contributed by atoms with Crippen molar-refractivity contribution in [2.24, 2.45) is 5.73 Å². The van der Waals surface area contributed by atoms with Crippen molar-refractivity contribution >= 4 is 0 Å². The molecule has 0 unspecified atom stereocenters. The van der Waals surface area contributed by atoms with E-state index in [0.717, 1.165) is 33.7 Å². The fourth-order valence-electron chi connectivity index (χ4n) is 3.39. The third kappa shape index (κ3) is 4.51. The van der Waals surface area contributed by atoms with Gasteiger partial charge in [-0.25, -0.2) is 0 Å². The molecule has 3 rings (SSSR count). The van der Waals surface area contributed by atoms with Crippen LogP contribution < -0.4 is 20.8 Å². The summed E-state index contributed by atoms with van der Waals surface area (Å²) in [4.78, 5) is 13.0. The summed E-state index contributed by atoms with van der Waals surface area (Å²) in [7, 11) is 1.66. The van der Waals surface area contributed by atoms with Crippen molar-refractivity contribution < 1.29 is 9.47 Å². The van der Waals surface area contributed by atoms with Crippen LogP contribution in [0.5, 0.6) is 11.5 Å². The van der Waals surface area contributed by atoms with Gasteiger partial charge in [-0.3, -0.25) is 4.79 Å². The molecule has 0 aliphatic rings. The van der Waals surface area contributed by atoms with Crippen molar-refractivity contribution in [2.45, 2.75) is 40.5 Å². The number of aromatic nitrogens is 1. The molecule has 0 fully saturated rings. The predicted octanol–water partition coefficient (Wildman–Crippen LogP) is 3.87. The van der Waals surface area contributed by atoms with E-state index in [1.165, 1.54) is 0 Å². The van der Waals surface area contributed by atoms with E-state index in [1.54, 1.807) is 18.6 Å². The predicted molar refractivity (Wildman–Crippen MR) is 116 cm³/mol. The monoisotopic (exact) mass is 392 g/mol. The number of methoxy groups -OCH3 is 1. The Kier molecular flexibility index (Phi) is 6.39. The molecular formula is C24H28N2O3. The molecule has 5 nitrogen and oxygen atoms in total. The maximum Gasteiger partial charge on any atom is 0.257 e. The fourth-order valence-corrected chi connectivity index (χ4v) is 3.39. The number of hydrogen-bond acceptors (Lipinski definition) is 4. The summed E-state index contributed by atoms with van der Waals surface area (Å²) >= 11 is 0. The highest BCUT2D eigenvalue weighted by atomic mass is 16.5. The van der Waals surface area contributed by atoms with Crippen molar-refractivity contribution in [3.8, 4) is 11.5 Å². The van der Waals surface area contributed by atoms with Crippen LogP contribution in [0.15, 0.2) is 53.3 Å². The Hall–Kier alpha value is -3.05. The number of ether oxygens (including phenoxy) is 2. The van der Waals surface area contributed by atoms with Gasteiger partial charge in [0.1, 0.15) is 18.1 Å². The maximum atomic E-state index is 13.0. The lowest BCUT2D eigenvalue weighted by atomic mass is 10.1. The van der Waals surface area contributed by atoms with Crippen LogP contribution in [0.3, 0.4) is 0 Å². The largest absolute Gasteiger partial charge is 0.496 e. The molecule has 0 aliphatic heterocycles. The number of pyridine rings is 1. The first kappa shape index (κ1) is 20.7. The van der Waals surface area contributed by atoms with E-state index in [2.05, 4.69) is 0 Å². The number of nitrogens with zero attached hydrogens (tertiary/aromatic N) is 1. The van der Waals surface area contributed by atoms with E-state index < -0.39 is 0 Å². The van der Waals surface area contributed by atoms with Crippen LogP contribution in [0.4, 0.5) is 0 Å². The quantitative estimate of drug-likeness (QED) is 0.663. The lowest BCUT2D eigenvalue weighted by Gasteiger charge is -2.17. The van der Waals surface area contributed by atoms with E-state index in [4.69, 9.17) is 15.2 Å². The number of aryl methyl sites for hydroxylation is 2. The first-order valence-corrected chi connectivity index (χ1v) is 9.68. The molecule has 0 bridgehead atoms. The number of nitrogens with two attached hydrogens (primary N) is 1. The van der Waals surface area contributed by atoms with Crippen molar-refractivity contribution in [3.05, 3.63) is 92.4 Å². The zero-order chi connectivity index (χ0) is 21.0. The van der Waals surface area contributed by atoms with Gasteiger partial charge in [0.05, 0.1) is 19.2 Å². The van der Waals surface area contributed by atoms with Gasteiger partial charge < -0.3 is 19.8 Å². The SMILES string of the molecule is COc1cc(Cn2c(C)cc(OCc3ccccc3CN)c(C)c2=O)ccc1C. The van der Waals surface area contributed by atoms with Crippen molar-refractivity contribution in [1.29, 1.82) is 0 Å². The average molecular weight is 392 g/mol. The molecule has 0 atom stereocenters. The topological polar surface area (TPSA) is 66.5 Å². The van der Waals surface area contributed by atoms with Crippen LogP contribution in [0.25, 0.3) is 0 Å². The van der Waals surface area contributed by atoms with Gasteiger partial charge in [-0.15, -0.1) is 0 Å². The molecule has 0 spiro atoms. The standard InChI is InChI=1S/C24H28N2O3/c1-16-9-10-19(12-22(16)28-4)14-26-17(2)11-23(18(3)24(26)27)29-15-21-8-6-5-7-20(21)13-25/h5-12H,13-15,25H2,1-4H3. The second kappa shape index (κ2) is 8.97. The molecule has 0 radical (unpaired) electrons. The van der Waals surface area contributed by atoms with Crippen LogP contribution >= 0.6 is 0 Å². The summed E-state index contributed by atoms with van der Waals surface area (Å²) in [5.74, 6) is 1.43. The van der Waals surface area contributed by atoms with E-state index in [1.807, 2.05) is 62.4 Å². The van der Waals surface area contributed by atoms with Crippen LogP contribution in [0.2, 0.25) is 0 Å². The fraction of sp³-hybridized carbons (Fsp3) is 0.292. The normalized spacial score (nSPS) is 10.8. The molecule has 152 valence electrons. The van der Waals surface area contributed by atoms with E-state index >= 15 is 0 Å². The smallest absolute Gasteiger partial charge is 0.257 e. The summed E-state index contributed by atoms with van der Waals surface area (Å²) in [6.45, 7) is 7.05. The van der Waals surface area contributed by atoms with Gasteiger partial charge in [0.15, 0.2) is 0 Å². The van der Waals surface area contributed by atoms with Crippen molar-refractivity contribution in [1.82, 2.24) is 4.57 Å². The third-order valence-corrected chi connectivity index (χ3v) is 5.24. The summed E-state index contributed by atoms with van der Waals surface area (Å²) in [6.07, 6.45) is 0. The van der Waals surface area contributed by atoms with Gasteiger partial charge in [-0.2, -0.15) is 0 Å². The average Bonchev–Trinajstić information content (AvgIpc) is 2.74. The van der Waals surface area contributed by atoms with Gasteiger partial charge >= 0.3 is 0 Å². The second-order valence-corrected chi connectivity index (χ2v) is 7.23. The summed E-state index contributed by atoms with van der Waals surface area (Å²) < 4.78 is 13.2. The zero-order valence-electron chi connectivity index (χ0n) is 17.5. The molecule has 0 saturated carbocycles. The van der Waals surface area contributed by atoms with E-state index in [-0.39, 0.29) is 5.56 Å². The van der Waals surface area contributed by atoms with Gasteiger partial charge in [0.2, 0.25) is 0 Å². The summed E-state index contributed by atoms with van der Waals surface area (Å²) in [5.41, 5.74) is 11.4. The highest BCUT2D eigenvalue weighted by Crippen LogP contribution is 2.22. The molecule has 3 aromatic rings. The van der Waals surface area contributed by atoms with Crippen molar-refractivity contribution in [2.75, 3.05) is 7.11 Å². The Morgan fingerprint density at radius 3 is 2.38 bits per heavy atom. The summed E-state index contributed by atoms with van der Waals surface area (Å²) in [6, 6.07) is 15.8. The molecule has 0 saturated heterocycles. The van der Waals surface area contributed by atoms with Gasteiger partial charge in [-0.05, 0) is 55.2 Å². The lowest BCUT2D eigenvalue weighted by Crippen LogP contribution is -2.25. The minimum absolute atomic E-state index is 0.0494. The third-order valence-electron chi connectivity index (χ3n) is 5.24. The van der Waals surface area contributed by atoms with Crippen molar-refractivity contribution in [3.63, 3.8) is 0 Å². The highest BCUT2D eigenvalue weighted by molar-refractivity contribution is 5.38. The van der Waals surface area contributed by atoms with E-state index in [0.29, 0.717) is 31.0 Å². The number of benzene rings is 2. The first-order valence-electron chi connectivity index (χ1n) is 9.68. The molecular weight excluding hydrogens is 364 g/mol. The molecule has 0 aliphatic carbocycles. The molecule has 1 aromatic heterocycles.